The van der Waals surface area contributed by atoms with Crippen LogP contribution >= 0.6 is 0 Å². The number of hydrogen-bond donors (Lipinski definition) is 2. The van der Waals surface area contributed by atoms with Gasteiger partial charge in [0.15, 0.2) is 0 Å². The number of anilines is 1. The number of carbonyl (C=O) groups is 1. The van der Waals surface area contributed by atoms with Crippen LogP contribution in [0, 0.1) is 0 Å². The number of pyridine rings is 1. The Morgan fingerprint density at radius 3 is 2.71 bits per heavy atom. The standard InChI is InChI=1S/C17H17N3O3S/c18-24(22,23)13-8-10-1-2-11(7-12(10)9-13)14-5-6-19-17-15(14)3-4-16(21)20-17/h1-2,5-7,13H,3-4,8-9H2,(H2,18,22,23)(H,19,20,21). The fourth-order valence-electron chi connectivity index (χ4n) is 3.53. The molecule has 4 rings (SSSR count). The van der Waals surface area contributed by atoms with Crippen molar-refractivity contribution >= 4 is 21.7 Å². The molecule has 6 nitrogen and oxygen atoms in total. The maximum absolute atomic E-state index is 11.6. The zero-order valence-electron chi connectivity index (χ0n) is 13.0. The molecule has 1 unspecified atom stereocenters. The molecule has 1 aromatic heterocycles. The molecule has 0 saturated heterocycles. The van der Waals surface area contributed by atoms with Crippen molar-refractivity contribution in [3.8, 4) is 11.1 Å². The van der Waals surface area contributed by atoms with Crippen molar-refractivity contribution in [1.82, 2.24) is 4.98 Å². The Morgan fingerprint density at radius 1 is 1.12 bits per heavy atom. The van der Waals surface area contributed by atoms with E-state index in [0.717, 1.165) is 27.8 Å². The van der Waals surface area contributed by atoms with E-state index in [2.05, 4.69) is 10.3 Å². The van der Waals surface area contributed by atoms with E-state index in [1.54, 1.807) is 6.20 Å². The van der Waals surface area contributed by atoms with Gasteiger partial charge in [0.1, 0.15) is 5.82 Å². The molecule has 0 radical (unpaired) electrons. The minimum absolute atomic E-state index is 0.0166. The third-order valence-electron chi connectivity index (χ3n) is 4.79. The highest BCUT2D eigenvalue weighted by atomic mass is 32.2. The number of amides is 1. The number of rotatable bonds is 2. The summed E-state index contributed by atoms with van der Waals surface area (Å²) < 4.78 is 23.2. The third kappa shape index (κ3) is 2.59. The van der Waals surface area contributed by atoms with Crippen LogP contribution in [-0.4, -0.2) is 24.6 Å². The molecule has 124 valence electrons. The Hall–Kier alpha value is -2.25. The lowest BCUT2D eigenvalue weighted by atomic mass is 9.94. The summed E-state index contributed by atoms with van der Waals surface area (Å²) in [5, 5.41) is 7.57. The molecule has 1 aliphatic heterocycles. The van der Waals surface area contributed by atoms with Crippen LogP contribution in [0.5, 0.6) is 0 Å². The summed E-state index contributed by atoms with van der Waals surface area (Å²) in [6, 6.07) is 7.94. The lowest BCUT2D eigenvalue weighted by Gasteiger charge is -2.19. The highest BCUT2D eigenvalue weighted by Gasteiger charge is 2.30. The van der Waals surface area contributed by atoms with Crippen LogP contribution in [0.15, 0.2) is 30.5 Å². The van der Waals surface area contributed by atoms with Crippen molar-refractivity contribution in [1.29, 1.82) is 0 Å². The van der Waals surface area contributed by atoms with Gasteiger partial charge >= 0.3 is 0 Å². The Kier molecular flexibility index (Phi) is 3.43. The van der Waals surface area contributed by atoms with Gasteiger partial charge in [0, 0.05) is 18.2 Å². The summed E-state index contributed by atoms with van der Waals surface area (Å²) in [7, 11) is -3.53. The number of primary sulfonamides is 1. The van der Waals surface area contributed by atoms with Gasteiger partial charge in [-0.05, 0) is 47.6 Å². The average Bonchev–Trinajstić information content (AvgIpc) is 2.97. The molecule has 2 aromatic rings. The van der Waals surface area contributed by atoms with Gasteiger partial charge in [0.25, 0.3) is 0 Å². The number of carbonyl (C=O) groups excluding carboxylic acids is 1. The largest absolute Gasteiger partial charge is 0.310 e. The smallest absolute Gasteiger partial charge is 0.225 e. The van der Waals surface area contributed by atoms with E-state index < -0.39 is 15.3 Å². The summed E-state index contributed by atoms with van der Waals surface area (Å²) in [4.78, 5) is 15.8. The van der Waals surface area contributed by atoms with E-state index in [-0.39, 0.29) is 5.91 Å². The molecule has 0 bridgehead atoms. The van der Waals surface area contributed by atoms with Crippen molar-refractivity contribution in [2.75, 3.05) is 5.32 Å². The molecule has 1 aliphatic carbocycles. The zero-order valence-corrected chi connectivity index (χ0v) is 13.8. The number of nitrogens with one attached hydrogen (secondary N) is 1. The molecule has 0 fully saturated rings. The Morgan fingerprint density at radius 2 is 1.92 bits per heavy atom. The van der Waals surface area contributed by atoms with E-state index in [4.69, 9.17) is 5.14 Å². The molecule has 1 amide bonds. The van der Waals surface area contributed by atoms with E-state index >= 15 is 0 Å². The molecule has 2 heterocycles. The van der Waals surface area contributed by atoms with Gasteiger partial charge in [-0.1, -0.05) is 18.2 Å². The van der Waals surface area contributed by atoms with E-state index in [0.29, 0.717) is 31.5 Å². The van der Waals surface area contributed by atoms with Gasteiger partial charge in [0.05, 0.1) is 5.25 Å². The Bertz CT molecular complexity index is 954. The fraction of sp³-hybridized carbons (Fsp3) is 0.294. The monoisotopic (exact) mass is 343 g/mol. The number of benzene rings is 1. The molecule has 24 heavy (non-hydrogen) atoms. The van der Waals surface area contributed by atoms with Gasteiger partial charge in [-0.25, -0.2) is 18.5 Å². The first-order valence-electron chi connectivity index (χ1n) is 7.83. The average molecular weight is 343 g/mol. The summed E-state index contributed by atoms with van der Waals surface area (Å²) in [6.07, 6.45) is 3.70. The maximum atomic E-state index is 11.6. The molecular weight excluding hydrogens is 326 g/mol. The van der Waals surface area contributed by atoms with Gasteiger partial charge in [-0.3, -0.25) is 4.79 Å². The van der Waals surface area contributed by atoms with E-state index in [1.165, 1.54) is 0 Å². The van der Waals surface area contributed by atoms with Gasteiger partial charge in [-0.15, -0.1) is 0 Å². The van der Waals surface area contributed by atoms with Crippen LogP contribution in [0.2, 0.25) is 0 Å². The molecule has 0 saturated carbocycles. The summed E-state index contributed by atoms with van der Waals surface area (Å²) in [5.41, 5.74) is 5.13. The predicted octanol–water partition coefficient (Wildman–Crippen LogP) is 1.39. The lowest BCUT2D eigenvalue weighted by Crippen LogP contribution is -2.28. The second-order valence-corrected chi connectivity index (χ2v) is 8.18. The van der Waals surface area contributed by atoms with Crippen LogP contribution in [0.25, 0.3) is 11.1 Å². The highest BCUT2D eigenvalue weighted by Crippen LogP contribution is 2.34. The number of nitrogens with two attached hydrogens (primary N) is 1. The number of nitrogens with zero attached hydrogens (tertiary/aromatic N) is 1. The Labute approximate surface area is 140 Å². The van der Waals surface area contributed by atoms with Gasteiger partial charge in [-0.2, -0.15) is 0 Å². The van der Waals surface area contributed by atoms with Crippen molar-refractivity contribution in [2.45, 2.75) is 30.9 Å². The second-order valence-electron chi connectivity index (χ2n) is 6.34. The minimum Gasteiger partial charge on any atom is -0.310 e. The van der Waals surface area contributed by atoms with Crippen molar-refractivity contribution in [3.63, 3.8) is 0 Å². The van der Waals surface area contributed by atoms with Crippen LogP contribution in [0.3, 0.4) is 0 Å². The second kappa shape index (κ2) is 5.39. The summed E-state index contributed by atoms with van der Waals surface area (Å²) in [6.45, 7) is 0. The van der Waals surface area contributed by atoms with E-state index in [9.17, 15) is 13.2 Å². The molecule has 0 spiro atoms. The normalized spacial score (nSPS) is 19.5. The van der Waals surface area contributed by atoms with Crippen LogP contribution < -0.4 is 10.5 Å². The third-order valence-corrected chi connectivity index (χ3v) is 6.06. The van der Waals surface area contributed by atoms with Crippen LogP contribution in [0.4, 0.5) is 5.82 Å². The molecular formula is C17H17N3O3S. The SMILES string of the molecule is NS(=O)(=O)C1Cc2ccc(-c3ccnc4c3CCC(=O)N4)cc2C1. The lowest BCUT2D eigenvalue weighted by molar-refractivity contribution is -0.116. The van der Waals surface area contributed by atoms with Crippen LogP contribution in [0.1, 0.15) is 23.1 Å². The number of fused-ring (bicyclic) bond motifs is 2. The number of aromatic nitrogens is 1. The molecule has 1 aromatic carbocycles. The first-order chi connectivity index (χ1) is 11.4. The quantitative estimate of drug-likeness (QED) is 0.860. The van der Waals surface area contributed by atoms with Gasteiger partial charge < -0.3 is 5.32 Å². The molecule has 3 N–H and O–H groups in total. The molecule has 2 aliphatic rings. The Balaban J connectivity index is 1.74. The topological polar surface area (TPSA) is 102 Å². The van der Waals surface area contributed by atoms with Crippen molar-refractivity contribution in [2.24, 2.45) is 5.14 Å². The van der Waals surface area contributed by atoms with Crippen molar-refractivity contribution < 1.29 is 13.2 Å². The number of sulfonamides is 1. The zero-order chi connectivity index (χ0) is 16.9. The number of hydrogen-bond acceptors (Lipinski definition) is 4. The maximum Gasteiger partial charge on any atom is 0.225 e. The first-order valence-corrected chi connectivity index (χ1v) is 9.44. The van der Waals surface area contributed by atoms with Gasteiger partial charge in [0.2, 0.25) is 15.9 Å². The highest BCUT2D eigenvalue weighted by molar-refractivity contribution is 7.89. The summed E-state index contributed by atoms with van der Waals surface area (Å²) >= 11 is 0. The minimum atomic E-state index is -3.53. The fourth-order valence-corrected chi connectivity index (χ4v) is 4.36. The van der Waals surface area contributed by atoms with E-state index in [1.807, 2.05) is 24.3 Å². The van der Waals surface area contributed by atoms with Crippen LogP contribution in [-0.2, 0) is 34.1 Å². The van der Waals surface area contributed by atoms with Crippen molar-refractivity contribution in [3.05, 3.63) is 47.2 Å². The summed E-state index contributed by atoms with van der Waals surface area (Å²) in [5.74, 6) is 0.601. The molecule has 1 atom stereocenters. The first kappa shape index (κ1) is 15.3. The molecule has 7 heteroatoms. The predicted molar refractivity (Wildman–Crippen MR) is 90.9 cm³/mol.